The summed E-state index contributed by atoms with van der Waals surface area (Å²) in [7, 11) is 1.36. The maximum absolute atomic E-state index is 12.4. The summed E-state index contributed by atoms with van der Waals surface area (Å²) < 4.78 is 38.3. The van der Waals surface area contributed by atoms with Crippen molar-refractivity contribution < 1.29 is 18.0 Å². The molecule has 0 fully saturated rings. The van der Waals surface area contributed by atoms with Gasteiger partial charge in [-0.3, -0.25) is 9.48 Å². The number of carbonyl (C=O) groups excluding carboxylic acids is 1. The van der Waals surface area contributed by atoms with Crippen molar-refractivity contribution in [2.24, 2.45) is 7.05 Å². The molecule has 0 saturated carbocycles. The number of alkyl halides is 3. The summed E-state index contributed by atoms with van der Waals surface area (Å²) >= 11 is 0. The highest BCUT2D eigenvalue weighted by molar-refractivity contribution is 5.82. The van der Waals surface area contributed by atoms with E-state index in [4.69, 9.17) is 0 Å². The number of aromatic nitrogens is 2. The Balaban J connectivity index is 3.44. The SMILES string of the molecule is CC=Cc1c(C=O)c(C(F)(F)F)nn1C. The van der Waals surface area contributed by atoms with Gasteiger partial charge in [0.1, 0.15) is 0 Å². The van der Waals surface area contributed by atoms with Crippen molar-refractivity contribution in [1.82, 2.24) is 9.78 Å². The molecule has 15 heavy (non-hydrogen) atoms. The van der Waals surface area contributed by atoms with Crippen LogP contribution in [0.15, 0.2) is 6.08 Å². The Morgan fingerprint density at radius 3 is 2.40 bits per heavy atom. The quantitative estimate of drug-likeness (QED) is 0.714. The Morgan fingerprint density at radius 2 is 2.00 bits per heavy atom. The topological polar surface area (TPSA) is 34.9 Å². The van der Waals surface area contributed by atoms with Gasteiger partial charge < -0.3 is 0 Å². The fourth-order valence-electron chi connectivity index (χ4n) is 1.23. The molecule has 0 saturated heterocycles. The first-order valence-corrected chi connectivity index (χ1v) is 4.14. The zero-order valence-electron chi connectivity index (χ0n) is 8.17. The third-order valence-corrected chi connectivity index (χ3v) is 1.84. The van der Waals surface area contributed by atoms with E-state index in [9.17, 15) is 18.0 Å². The Labute approximate surface area is 84.2 Å². The third-order valence-electron chi connectivity index (χ3n) is 1.84. The average Bonchev–Trinajstić information content (AvgIpc) is 2.44. The first-order valence-electron chi connectivity index (χ1n) is 4.14. The van der Waals surface area contributed by atoms with Crippen molar-refractivity contribution in [2.45, 2.75) is 13.1 Å². The van der Waals surface area contributed by atoms with Crippen molar-refractivity contribution in [3.8, 4) is 0 Å². The first kappa shape index (κ1) is 11.5. The van der Waals surface area contributed by atoms with Gasteiger partial charge in [-0.15, -0.1) is 0 Å². The van der Waals surface area contributed by atoms with E-state index in [0.29, 0.717) is 0 Å². The molecule has 1 heterocycles. The van der Waals surface area contributed by atoms with E-state index in [1.807, 2.05) is 0 Å². The second-order valence-electron chi connectivity index (χ2n) is 2.89. The number of allylic oxidation sites excluding steroid dienone is 1. The highest BCUT2D eigenvalue weighted by atomic mass is 19.4. The lowest BCUT2D eigenvalue weighted by Crippen LogP contribution is -2.09. The van der Waals surface area contributed by atoms with Crippen LogP contribution in [-0.2, 0) is 13.2 Å². The molecule has 0 spiro atoms. The van der Waals surface area contributed by atoms with E-state index in [0.717, 1.165) is 4.68 Å². The lowest BCUT2D eigenvalue weighted by molar-refractivity contribution is -0.141. The molecule has 0 aromatic carbocycles. The summed E-state index contributed by atoms with van der Waals surface area (Å²) in [6.45, 7) is 1.65. The lowest BCUT2D eigenvalue weighted by atomic mass is 10.2. The number of halogens is 3. The minimum atomic E-state index is -4.60. The molecule has 0 bridgehead atoms. The van der Waals surface area contributed by atoms with Gasteiger partial charge in [0.15, 0.2) is 12.0 Å². The summed E-state index contributed by atoms with van der Waals surface area (Å²) in [5, 5.41) is 3.28. The molecule has 0 unspecified atom stereocenters. The molecule has 3 nitrogen and oxygen atoms in total. The van der Waals surface area contributed by atoms with Gasteiger partial charge in [-0.1, -0.05) is 6.08 Å². The second-order valence-corrected chi connectivity index (χ2v) is 2.89. The van der Waals surface area contributed by atoms with Crippen LogP contribution in [0, 0.1) is 0 Å². The van der Waals surface area contributed by atoms with Crippen LogP contribution in [0.2, 0.25) is 0 Å². The molecular weight excluding hydrogens is 209 g/mol. The zero-order valence-corrected chi connectivity index (χ0v) is 8.17. The molecule has 0 aliphatic carbocycles. The van der Waals surface area contributed by atoms with Gasteiger partial charge in [0.25, 0.3) is 0 Å². The van der Waals surface area contributed by atoms with E-state index >= 15 is 0 Å². The van der Waals surface area contributed by atoms with Crippen LogP contribution >= 0.6 is 0 Å². The standard InChI is InChI=1S/C9H9F3N2O/c1-3-4-7-6(5-15)8(9(10,11)12)13-14(7)2/h3-5H,1-2H3. The van der Waals surface area contributed by atoms with Crippen LogP contribution in [0.1, 0.15) is 28.7 Å². The van der Waals surface area contributed by atoms with Gasteiger partial charge in [-0.05, 0) is 13.0 Å². The Kier molecular flexibility index (Phi) is 2.97. The van der Waals surface area contributed by atoms with Crippen LogP contribution in [0.4, 0.5) is 13.2 Å². The minimum absolute atomic E-state index is 0.153. The van der Waals surface area contributed by atoms with Crippen molar-refractivity contribution >= 4 is 12.4 Å². The predicted molar refractivity (Wildman–Crippen MR) is 48.3 cm³/mol. The van der Waals surface area contributed by atoms with Crippen LogP contribution in [0.5, 0.6) is 0 Å². The van der Waals surface area contributed by atoms with Crippen LogP contribution in [-0.4, -0.2) is 16.1 Å². The van der Waals surface area contributed by atoms with Crippen LogP contribution < -0.4 is 0 Å². The Hall–Kier alpha value is -1.59. The summed E-state index contributed by atoms with van der Waals surface area (Å²) in [5.74, 6) is 0. The van der Waals surface area contributed by atoms with Crippen LogP contribution in [0.25, 0.3) is 6.08 Å². The molecule has 0 atom stereocenters. The highest BCUT2D eigenvalue weighted by Gasteiger charge is 2.38. The summed E-state index contributed by atoms with van der Waals surface area (Å²) in [6, 6.07) is 0. The van der Waals surface area contributed by atoms with E-state index in [-0.39, 0.29) is 12.0 Å². The zero-order chi connectivity index (χ0) is 11.6. The van der Waals surface area contributed by atoms with E-state index in [2.05, 4.69) is 5.10 Å². The molecule has 0 amide bonds. The number of hydrogen-bond acceptors (Lipinski definition) is 2. The van der Waals surface area contributed by atoms with Gasteiger partial charge in [-0.25, -0.2) is 0 Å². The molecule has 0 aliphatic rings. The predicted octanol–water partition coefficient (Wildman–Crippen LogP) is 2.28. The number of nitrogens with zero attached hydrogens (tertiary/aromatic N) is 2. The van der Waals surface area contributed by atoms with Crippen molar-refractivity contribution in [2.75, 3.05) is 0 Å². The van der Waals surface area contributed by atoms with E-state index in [1.165, 1.54) is 13.1 Å². The fourth-order valence-corrected chi connectivity index (χ4v) is 1.23. The molecule has 82 valence electrons. The summed E-state index contributed by atoms with van der Waals surface area (Å²) in [6.07, 6.45) is -1.48. The van der Waals surface area contributed by atoms with Crippen molar-refractivity contribution in [1.29, 1.82) is 0 Å². The molecule has 6 heteroatoms. The summed E-state index contributed by atoms with van der Waals surface area (Å²) in [4.78, 5) is 10.6. The normalized spacial score (nSPS) is 12.3. The minimum Gasteiger partial charge on any atom is -0.298 e. The number of aryl methyl sites for hydroxylation is 1. The number of rotatable bonds is 2. The number of hydrogen-bond donors (Lipinski definition) is 0. The van der Waals surface area contributed by atoms with E-state index in [1.54, 1.807) is 13.0 Å². The maximum atomic E-state index is 12.4. The van der Waals surface area contributed by atoms with Gasteiger partial charge in [0, 0.05) is 7.05 Å². The number of carbonyl (C=O) groups is 1. The fraction of sp³-hybridized carbons (Fsp3) is 0.333. The smallest absolute Gasteiger partial charge is 0.298 e. The average molecular weight is 218 g/mol. The third kappa shape index (κ3) is 2.08. The molecule has 0 radical (unpaired) electrons. The first-order chi connectivity index (χ1) is 6.91. The molecular formula is C9H9F3N2O. The van der Waals surface area contributed by atoms with Crippen molar-refractivity contribution in [3.63, 3.8) is 0 Å². The molecule has 0 N–H and O–H groups in total. The van der Waals surface area contributed by atoms with Gasteiger partial charge in [0.05, 0.1) is 11.3 Å². The van der Waals surface area contributed by atoms with E-state index < -0.39 is 17.4 Å². The van der Waals surface area contributed by atoms with Gasteiger partial charge >= 0.3 is 6.18 Å². The molecule has 0 aliphatic heterocycles. The van der Waals surface area contributed by atoms with Gasteiger partial charge in [-0.2, -0.15) is 18.3 Å². The largest absolute Gasteiger partial charge is 0.435 e. The molecule has 1 aromatic heterocycles. The van der Waals surface area contributed by atoms with Gasteiger partial charge in [0.2, 0.25) is 0 Å². The monoisotopic (exact) mass is 218 g/mol. The molecule has 1 aromatic rings. The highest BCUT2D eigenvalue weighted by Crippen LogP contribution is 2.31. The second kappa shape index (κ2) is 3.88. The van der Waals surface area contributed by atoms with Crippen LogP contribution in [0.3, 0.4) is 0 Å². The Morgan fingerprint density at radius 1 is 1.40 bits per heavy atom. The lowest BCUT2D eigenvalue weighted by Gasteiger charge is -2.01. The number of aldehydes is 1. The van der Waals surface area contributed by atoms with Crippen molar-refractivity contribution in [3.05, 3.63) is 23.0 Å². The maximum Gasteiger partial charge on any atom is 0.435 e. The molecule has 1 rings (SSSR count). The Bertz CT molecular complexity index is 404. The summed E-state index contributed by atoms with van der Waals surface area (Å²) in [5.41, 5.74) is -1.42.